The van der Waals surface area contributed by atoms with Gasteiger partial charge in [-0.25, -0.2) is 9.97 Å². The summed E-state index contributed by atoms with van der Waals surface area (Å²) >= 11 is 0. The van der Waals surface area contributed by atoms with E-state index in [2.05, 4.69) is 15.2 Å². The molecule has 0 amide bonds. The summed E-state index contributed by atoms with van der Waals surface area (Å²) < 4.78 is 66.1. The van der Waals surface area contributed by atoms with Crippen LogP contribution < -0.4 is 21.1 Å². The monoisotopic (exact) mass is 561 g/mol. The number of nitrogen functional groups attached to an aromatic ring is 1. The maximum atomic E-state index is 14.4. The van der Waals surface area contributed by atoms with E-state index in [1.165, 1.54) is 6.07 Å². The van der Waals surface area contributed by atoms with Crippen LogP contribution in [0.4, 0.5) is 24.7 Å². The summed E-state index contributed by atoms with van der Waals surface area (Å²) in [4.78, 5) is 11.7. The average Bonchev–Trinajstić information content (AvgIpc) is 3.33. The number of nitrogens with zero attached hydrogens (tertiary/aromatic N) is 3. The smallest absolute Gasteiger partial charge is 0.416 e. The molecule has 0 radical (unpaired) electrons. The first-order valence-corrected chi connectivity index (χ1v) is 15.2. The number of rotatable bonds is 5. The third kappa shape index (κ3) is 4.85. The lowest BCUT2D eigenvalue weighted by Gasteiger charge is -2.41. The van der Waals surface area contributed by atoms with Crippen LogP contribution in [0.15, 0.2) is 24.3 Å². The fraction of sp³-hybridized carbons (Fsp3) is 0.481. The van der Waals surface area contributed by atoms with E-state index < -0.39 is 24.9 Å². The number of fused-ring (bicyclic) bond motifs is 3. The fourth-order valence-electron chi connectivity index (χ4n) is 5.70. The van der Waals surface area contributed by atoms with Crippen molar-refractivity contribution in [2.24, 2.45) is 0 Å². The second-order valence-corrected chi connectivity index (χ2v) is 13.8. The standard InChI is InChI=1S/C27H31F3N5O3P/c1-15(17-9-18(27(28,29)30)11-19(31)10-17)32-26-22-12-23(25-21(3-6-38-25)24(22)33-16(2)34-26)39(36)7-4-35(5-8-39)20-13-37-14-20/h9-12,15,20H,3-8,13-14,31H2,1-2H3,(H,32,33,34)/t15-/m1/s1. The Labute approximate surface area is 224 Å². The third-order valence-corrected chi connectivity index (χ3v) is 11.0. The predicted octanol–water partition coefficient (Wildman–Crippen LogP) is 4.35. The maximum absolute atomic E-state index is 14.4. The van der Waals surface area contributed by atoms with E-state index in [0.29, 0.717) is 65.3 Å². The summed E-state index contributed by atoms with van der Waals surface area (Å²) in [5, 5.41) is 4.70. The SMILES string of the molecule is Cc1nc(N[C@H](C)c2cc(N)cc(C(F)(F)F)c2)c2cc(P3(=O)CCN(C4COC4)CC3)c3c(c2n1)CCO3. The van der Waals surface area contributed by atoms with Crippen LogP contribution in [0.1, 0.15) is 35.5 Å². The Morgan fingerprint density at radius 1 is 1.15 bits per heavy atom. The van der Waals surface area contributed by atoms with E-state index >= 15 is 0 Å². The van der Waals surface area contributed by atoms with E-state index in [0.717, 1.165) is 49.3 Å². The molecule has 3 aliphatic heterocycles. The van der Waals surface area contributed by atoms with E-state index in [4.69, 9.17) is 20.2 Å². The number of anilines is 2. The number of ether oxygens (including phenoxy) is 2. The highest BCUT2D eigenvalue weighted by molar-refractivity contribution is 7.72. The van der Waals surface area contributed by atoms with Crippen LogP contribution in [0.2, 0.25) is 0 Å². The van der Waals surface area contributed by atoms with Crippen molar-refractivity contribution >= 4 is 34.9 Å². The second kappa shape index (κ2) is 9.64. The zero-order valence-electron chi connectivity index (χ0n) is 21.8. The molecule has 12 heteroatoms. The van der Waals surface area contributed by atoms with Gasteiger partial charge in [0.2, 0.25) is 0 Å². The zero-order chi connectivity index (χ0) is 27.5. The van der Waals surface area contributed by atoms with Gasteiger partial charge in [0.05, 0.1) is 48.3 Å². The molecule has 2 saturated heterocycles. The van der Waals surface area contributed by atoms with Crippen LogP contribution in [0.3, 0.4) is 0 Å². The Morgan fingerprint density at radius 3 is 2.56 bits per heavy atom. The Morgan fingerprint density at radius 2 is 1.90 bits per heavy atom. The molecule has 8 nitrogen and oxygen atoms in total. The molecule has 0 unspecified atom stereocenters. The maximum Gasteiger partial charge on any atom is 0.416 e. The minimum absolute atomic E-state index is 0.0346. The number of aryl methyl sites for hydroxylation is 1. The molecule has 3 aromatic rings. The van der Waals surface area contributed by atoms with Gasteiger partial charge in [-0.05, 0) is 43.7 Å². The summed E-state index contributed by atoms with van der Waals surface area (Å²) in [5.74, 6) is 1.67. The Balaban J connectivity index is 1.39. The number of nitrogens with one attached hydrogen (secondary N) is 1. The molecule has 39 heavy (non-hydrogen) atoms. The molecule has 2 fully saturated rings. The van der Waals surface area contributed by atoms with Crippen molar-refractivity contribution < 1.29 is 27.2 Å². The van der Waals surface area contributed by atoms with Gasteiger partial charge >= 0.3 is 6.18 Å². The summed E-state index contributed by atoms with van der Waals surface area (Å²) in [6.07, 6.45) is -2.76. The van der Waals surface area contributed by atoms with Gasteiger partial charge in [-0.2, -0.15) is 13.2 Å². The first-order valence-electron chi connectivity index (χ1n) is 13.1. The minimum atomic E-state index is -4.51. The quantitative estimate of drug-likeness (QED) is 0.350. The van der Waals surface area contributed by atoms with Crippen molar-refractivity contribution in [1.29, 1.82) is 0 Å². The third-order valence-electron chi connectivity index (χ3n) is 7.96. The normalized spacial score (nSPS) is 20.3. The number of aromatic nitrogens is 2. The van der Waals surface area contributed by atoms with Crippen LogP contribution in [0.25, 0.3) is 10.9 Å². The van der Waals surface area contributed by atoms with E-state index in [-0.39, 0.29) is 5.69 Å². The van der Waals surface area contributed by atoms with E-state index in [9.17, 15) is 17.7 Å². The van der Waals surface area contributed by atoms with E-state index in [1.54, 1.807) is 13.8 Å². The molecule has 2 aromatic carbocycles. The lowest BCUT2D eigenvalue weighted by atomic mass is 10.0. The summed E-state index contributed by atoms with van der Waals surface area (Å²) in [7, 11) is -2.76. The van der Waals surface area contributed by atoms with Gasteiger partial charge in [-0.3, -0.25) is 4.90 Å². The van der Waals surface area contributed by atoms with Crippen molar-refractivity contribution in [1.82, 2.24) is 14.9 Å². The molecule has 4 heterocycles. The highest BCUT2D eigenvalue weighted by Crippen LogP contribution is 2.52. The second-order valence-electron chi connectivity index (χ2n) is 10.6. The molecule has 1 atom stereocenters. The van der Waals surface area contributed by atoms with Gasteiger partial charge in [0.1, 0.15) is 24.5 Å². The molecule has 6 rings (SSSR count). The fourth-order valence-corrected chi connectivity index (χ4v) is 8.49. The van der Waals surface area contributed by atoms with Crippen molar-refractivity contribution in [2.75, 3.05) is 56.3 Å². The molecular formula is C27H31F3N5O3P. The summed E-state index contributed by atoms with van der Waals surface area (Å²) in [6.45, 7) is 6.94. The van der Waals surface area contributed by atoms with Crippen LogP contribution in [-0.4, -0.2) is 66.1 Å². The van der Waals surface area contributed by atoms with E-state index in [1.807, 2.05) is 6.07 Å². The number of hydrogen-bond donors (Lipinski definition) is 2. The summed E-state index contributed by atoms with van der Waals surface area (Å²) in [6, 6.07) is 5.30. The average molecular weight is 562 g/mol. The van der Waals surface area contributed by atoms with Gasteiger partial charge in [-0.1, -0.05) is 0 Å². The van der Waals surface area contributed by atoms with Gasteiger partial charge in [0.25, 0.3) is 0 Å². The Bertz CT molecular complexity index is 1480. The molecule has 3 N–H and O–H groups in total. The van der Waals surface area contributed by atoms with Crippen LogP contribution >= 0.6 is 7.14 Å². The topological polar surface area (TPSA) is 103 Å². The first-order chi connectivity index (χ1) is 18.5. The lowest BCUT2D eigenvalue weighted by molar-refractivity contribution is -0.137. The predicted molar refractivity (Wildman–Crippen MR) is 145 cm³/mol. The highest BCUT2D eigenvalue weighted by atomic mass is 31.2. The highest BCUT2D eigenvalue weighted by Gasteiger charge is 2.39. The largest absolute Gasteiger partial charge is 0.492 e. The van der Waals surface area contributed by atoms with Gasteiger partial charge in [-0.15, -0.1) is 0 Å². The van der Waals surface area contributed by atoms with Crippen molar-refractivity contribution in [3.05, 3.63) is 46.8 Å². The first kappa shape index (κ1) is 26.3. The molecule has 0 bridgehead atoms. The lowest BCUT2D eigenvalue weighted by Crippen LogP contribution is -2.53. The van der Waals surface area contributed by atoms with Crippen LogP contribution in [0, 0.1) is 6.92 Å². The number of halogens is 3. The molecular weight excluding hydrogens is 530 g/mol. The van der Waals surface area contributed by atoms with Crippen LogP contribution in [0.5, 0.6) is 5.75 Å². The van der Waals surface area contributed by atoms with Crippen molar-refractivity contribution in [2.45, 2.75) is 38.5 Å². The molecule has 3 aliphatic rings. The van der Waals surface area contributed by atoms with Crippen molar-refractivity contribution in [3.8, 4) is 5.75 Å². The summed E-state index contributed by atoms with van der Waals surface area (Å²) in [5.41, 5.74) is 7.06. The minimum Gasteiger partial charge on any atom is -0.492 e. The molecule has 1 aromatic heterocycles. The molecule has 0 spiro atoms. The number of hydrogen-bond acceptors (Lipinski definition) is 8. The van der Waals surface area contributed by atoms with Gasteiger partial charge in [0.15, 0.2) is 0 Å². The Kier molecular flexibility index (Phi) is 6.51. The van der Waals surface area contributed by atoms with Crippen molar-refractivity contribution in [3.63, 3.8) is 0 Å². The van der Waals surface area contributed by atoms with Gasteiger partial charge in [0, 0.05) is 48.5 Å². The number of alkyl halides is 3. The number of nitrogens with two attached hydrogens (primary N) is 1. The zero-order valence-corrected chi connectivity index (χ0v) is 22.7. The molecule has 208 valence electrons. The molecule has 0 saturated carbocycles. The van der Waals surface area contributed by atoms with Crippen LogP contribution in [-0.2, 0) is 21.9 Å². The molecule has 0 aliphatic carbocycles. The van der Waals surface area contributed by atoms with Gasteiger partial charge < -0.3 is 25.1 Å². The Hall–Kier alpha value is -2.88. The number of benzene rings is 2.